The van der Waals surface area contributed by atoms with Crippen LogP contribution in [0.5, 0.6) is 6.01 Å². The third kappa shape index (κ3) is 5.81. The lowest BCUT2D eigenvalue weighted by Gasteiger charge is -2.42. The minimum atomic E-state index is -0.252. The van der Waals surface area contributed by atoms with E-state index in [4.69, 9.17) is 31.0 Å². The summed E-state index contributed by atoms with van der Waals surface area (Å²) in [7, 11) is 0. The van der Waals surface area contributed by atoms with Gasteiger partial charge in [0.2, 0.25) is 5.91 Å². The van der Waals surface area contributed by atoms with Crippen molar-refractivity contribution in [2.45, 2.75) is 43.8 Å². The highest BCUT2D eigenvalue weighted by Gasteiger charge is 2.49. The number of fused-ring (bicyclic) bond motifs is 2. The zero-order valence-corrected chi connectivity index (χ0v) is 26.2. The van der Waals surface area contributed by atoms with Crippen molar-refractivity contribution in [2.24, 2.45) is 0 Å². The maximum atomic E-state index is 12.6. The molecule has 45 heavy (non-hydrogen) atoms. The molecule has 10 nitrogen and oxygen atoms in total. The molecule has 0 bridgehead atoms. The number of piperazine rings is 1. The summed E-state index contributed by atoms with van der Waals surface area (Å²) in [4.78, 5) is 31.4. The van der Waals surface area contributed by atoms with Crippen molar-refractivity contribution in [2.75, 3.05) is 68.9 Å². The number of carbonyl (C=O) groups excluding carboxylic acids is 1. The van der Waals surface area contributed by atoms with Gasteiger partial charge in [-0.1, -0.05) is 42.4 Å². The van der Waals surface area contributed by atoms with E-state index in [1.165, 1.54) is 6.08 Å². The molecule has 1 saturated carbocycles. The van der Waals surface area contributed by atoms with Crippen LogP contribution in [0, 0.1) is 11.3 Å². The van der Waals surface area contributed by atoms with Gasteiger partial charge in [-0.2, -0.15) is 15.2 Å². The molecular formula is C34H38ClN7O3. The first-order chi connectivity index (χ1) is 22.0. The summed E-state index contributed by atoms with van der Waals surface area (Å²) in [5.74, 6) is 0.696. The molecule has 11 heteroatoms. The number of benzene rings is 2. The standard InChI is InChI=1S/C34H38ClN7O3/c1-2-30(43)42-16-15-40(21-25(42)9-13-36)32-26-10-14-39(29-8-4-6-24-5-3-7-27(35)31(24)29)22-28(26)37-33(38-32)45-23-34(11-12-34)41-17-19-44-20-18-41/h2-8,25H,1,9-12,14-23H2/t25-/m0/s1. The molecule has 1 aliphatic carbocycles. The van der Waals surface area contributed by atoms with Crippen LogP contribution in [0.1, 0.15) is 30.5 Å². The first-order valence-corrected chi connectivity index (χ1v) is 16.2. The number of nitrogens with zero attached hydrogens (tertiary/aromatic N) is 7. The highest BCUT2D eigenvalue weighted by molar-refractivity contribution is 6.36. The van der Waals surface area contributed by atoms with E-state index in [0.717, 1.165) is 90.7 Å². The van der Waals surface area contributed by atoms with Crippen molar-refractivity contribution in [3.8, 4) is 12.1 Å². The molecule has 1 aromatic heterocycles. The molecule has 0 N–H and O–H groups in total. The maximum absolute atomic E-state index is 12.6. The Morgan fingerprint density at radius 3 is 2.67 bits per heavy atom. The summed E-state index contributed by atoms with van der Waals surface area (Å²) in [6.45, 7) is 10.5. The highest BCUT2D eigenvalue weighted by Crippen LogP contribution is 2.43. The summed E-state index contributed by atoms with van der Waals surface area (Å²) < 4.78 is 12.1. The van der Waals surface area contributed by atoms with E-state index in [-0.39, 0.29) is 23.9 Å². The Labute approximate surface area is 268 Å². The normalized spacial score (nSPS) is 21.2. The molecule has 3 fully saturated rings. The van der Waals surface area contributed by atoms with Gasteiger partial charge in [0.15, 0.2) is 0 Å². The first-order valence-electron chi connectivity index (χ1n) is 15.8. The van der Waals surface area contributed by atoms with Crippen LogP contribution in [0.2, 0.25) is 5.02 Å². The monoisotopic (exact) mass is 627 g/mol. The molecule has 0 radical (unpaired) electrons. The first kappa shape index (κ1) is 29.8. The van der Waals surface area contributed by atoms with E-state index in [9.17, 15) is 10.1 Å². The van der Waals surface area contributed by atoms with Gasteiger partial charge < -0.3 is 24.2 Å². The van der Waals surface area contributed by atoms with Gasteiger partial charge in [0.05, 0.1) is 54.5 Å². The number of hydrogen-bond acceptors (Lipinski definition) is 9. The van der Waals surface area contributed by atoms with Crippen molar-refractivity contribution < 1.29 is 14.3 Å². The van der Waals surface area contributed by atoms with E-state index >= 15 is 0 Å². The Bertz CT molecular complexity index is 1640. The summed E-state index contributed by atoms with van der Waals surface area (Å²) in [5.41, 5.74) is 3.13. The lowest BCUT2D eigenvalue weighted by atomic mass is 10.0. The molecule has 4 heterocycles. The van der Waals surface area contributed by atoms with Gasteiger partial charge >= 0.3 is 6.01 Å². The summed E-state index contributed by atoms with van der Waals surface area (Å²) in [6.07, 6.45) is 4.50. The third-order valence-electron chi connectivity index (χ3n) is 9.74. The average Bonchev–Trinajstić information content (AvgIpc) is 3.88. The number of anilines is 2. The van der Waals surface area contributed by atoms with Crippen LogP contribution in [-0.4, -0.2) is 96.3 Å². The number of rotatable bonds is 8. The zero-order valence-electron chi connectivity index (χ0n) is 25.5. The molecule has 4 aliphatic rings. The second kappa shape index (κ2) is 12.5. The quantitative estimate of drug-likeness (QED) is 0.340. The number of ether oxygens (including phenoxy) is 2. The van der Waals surface area contributed by atoms with Crippen LogP contribution in [0.4, 0.5) is 11.5 Å². The van der Waals surface area contributed by atoms with Crippen LogP contribution in [-0.2, 0) is 22.5 Å². The molecule has 3 aliphatic heterocycles. The van der Waals surface area contributed by atoms with Crippen molar-refractivity contribution >= 4 is 39.8 Å². The van der Waals surface area contributed by atoms with E-state index in [0.29, 0.717) is 38.8 Å². The summed E-state index contributed by atoms with van der Waals surface area (Å²) in [5, 5.41) is 12.4. The lowest BCUT2D eigenvalue weighted by Crippen LogP contribution is -2.55. The Morgan fingerprint density at radius 1 is 1.11 bits per heavy atom. The fraction of sp³-hybridized carbons (Fsp3) is 0.471. The van der Waals surface area contributed by atoms with Crippen molar-refractivity contribution in [3.05, 3.63) is 65.3 Å². The maximum Gasteiger partial charge on any atom is 0.318 e. The predicted molar refractivity (Wildman–Crippen MR) is 174 cm³/mol. The molecule has 3 aromatic rings. The minimum absolute atomic E-state index is 0.0174. The number of morpholine rings is 1. The second-order valence-electron chi connectivity index (χ2n) is 12.4. The molecule has 2 saturated heterocycles. The third-order valence-corrected chi connectivity index (χ3v) is 10.1. The van der Waals surface area contributed by atoms with Crippen LogP contribution in [0.15, 0.2) is 49.1 Å². The molecule has 7 rings (SSSR count). The molecule has 0 spiro atoms. The molecule has 0 unspecified atom stereocenters. The predicted octanol–water partition coefficient (Wildman–Crippen LogP) is 4.21. The molecule has 1 atom stereocenters. The van der Waals surface area contributed by atoms with E-state index in [2.05, 4.69) is 51.6 Å². The minimum Gasteiger partial charge on any atom is -0.461 e. The Hall–Kier alpha value is -3.91. The van der Waals surface area contributed by atoms with Crippen molar-refractivity contribution in [1.82, 2.24) is 19.8 Å². The zero-order chi connectivity index (χ0) is 31.0. The number of hydrogen-bond donors (Lipinski definition) is 0. The number of aromatic nitrogens is 2. The fourth-order valence-corrected chi connectivity index (χ4v) is 7.41. The summed E-state index contributed by atoms with van der Waals surface area (Å²) in [6, 6.07) is 14.7. The van der Waals surface area contributed by atoms with Crippen molar-refractivity contribution in [1.29, 1.82) is 5.26 Å². The van der Waals surface area contributed by atoms with E-state index in [1.807, 2.05) is 12.1 Å². The number of nitriles is 1. The molecule has 234 valence electrons. The van der Waals surface area contributed by atoms with Gasteiger partial charge in [-0.3, -0.25) is 9.69 Å². The lowest BCUT2D eigenvalue weighted by molar-refractivity contribution is -0.128. The topological polar surface area (TPSA) is 98.1 Å². The highest BCUT2D eigenvalue weighted by atomic mass is 35.5. The van der Waals surface area contributed by atoms with Gasteiger partial charge in [0.1, 0.15) is 12.4 Å². The summed E-state index contributed by atoms with van der Waals surface area (Å²) >= 11 is 6.72. The van der Waals surface area contributed by atoms with Gasteiger partial charge in [-0.15, -0.1) is 0 Å². The van der Waals surface area contributed by atoms with Crippen molar-refractivity contribution in [3.63, 3.8) is 0 Å². The van der Waals surface area contributed by atoms with Crippen LogP contribution >= 0.6 is 11.6 Å². The van der Waals surface area contributed by atoms with E-state index < -0.39 is 0 Å². The average molecular weight is 628 g/mol. The largest absolute Gasteiger partial charge is 0.461 e. The number of amides is 1. The van der Waals surface area contributed by atoms with Gasteiger partial charge in [0, 0.05) is 55.9 Å². The number of halogens is 1. The van der Waals surface area contributed by atoms with Gasteiger partial charge in [0.25, 0.3) is 0 Å². The number of carbonyl (C=O) groups is 1. The smallest absolute Gasteiger partial charge is 0.318 e. The van der Waals surface area contributed by atoms with Gasteiger partial charge in [-0.05, 0) is 42.9 Å². The molecule has 2 aromatic carbocycles. The second-order valence-corrected chi connectivity index (χ2v) is 12.8. The molecule has 1 amide bonds. The van der Waals surface area contributed by atoms with Gasteiger partial charge in [-0.25, -0.2) is 0 Å². The fourth-order valence-electron chi connectivity index (χ4n) is 7.13. The van der Waals surface area contributed by atoms with E-state index in [1.54, 1.807) is 4.90 Å². The Balaban J connectivity index is 1.21. The van der Waals surface area contributed by atoms with Crippen LogP contribution in [0.3, 0.4) is 0 Å². The van der Waals surface area contributed by atoms with Crippen LogP contribution in [0.25, 0.3) is 10.8 Å². The molecular weight excluding hydrogens is 590 g/mol. The van der Waals surface area contributed by atoms with Crippen LogP contribution < -0.4 is 14.5 Å². The Morgan fingerprint density at radius 2 is 1.91 bits per heavy atom. The SMILES string of the molecule is C=CC(=O)N1CCN(c2nc(OCC3(N4CCOCC4)CC3)nc3c2CCN(c2cccc4cccc(Cl)c24)C3)C[C@@H]1CC#N. The Kier molecular flexibility index (Phi) is 8.25.